The van der Waals surface area contributed by atoms with Crippen molar-refractivity contribution in [3.63, 3.8) is 0 Å². The number of benzene rings is 2. The Morgan fingerprint density at radius 1 is 1.21 bits per heavy atom. The second-order valence-electron chi connectivity index (χ2n) is 5.51. The molecule has 3 rings (SSSR count). The third-order valence-electron chi connectivity index (χ3n) is 3.63. The van der Waals surface area contributed by atoms with Gasteiger partial charge in [-0.2, -0.15) is 10.1 Å². The van der Waals surface area contributed by atoms with E-state index in [0.717, 1.165) is 6.21 Å². The van der Waals surface area contributed by atoms with E-state index in [1.54, 1.807) is 6.07 Å². The third-order valence-corrected chi connectivity index (χ3v) is 3.63. The summed E-state index contributed by atoms with van der Waals surface area (Å²) in [4.78, 5) is 40.4. The van der Waals surface area contributed by atoms with Gasteiger partial charge in [-0.1, -0.05) is 12.1 Å². The number of H-pyrrole nitrogens is 1. The van der Waals surface area contributed by atoms with Crippen molar-refractivity contribution in [1.82, 2.24) is 15.4 Å². The van der Waals surface area contributed by atoms with Crippen LogP contribution in [0.4, 0.5) is 10.1 Å². The van der Waals surface area contributed by atoms with Gasteiger partial charge in [0.2, 0.25) is 0 Å². The lowest BCUT2D eigenvalue weighted by Gasteiger charge is -2.04. The highest BCUT2D eigenvalue weighted by Crippen LogP contribution is 2.17. The van der Waals surface area contributed by atoms with E-state index < -0.39 is 22.3 Å². The number of carbonyl (C=O) groups excluding carboxylic acids is 1. The SMILES string of the molecule is O=C(N/N=C/c1ccccc1[N+](=O)[O-])c1cc(-c2ccc(F)cc2)nc(=O)[nH]1. The summed E-state index contributed by atoms with van der Waals surface area (Å²) in [5.74, 6) is -1.20. The topological polar surface area (TPSA) is 130 Å². The fourth-order valence-electron chi connectivity index (χ4n) is 2.33. The van der Waals surface area contributed by atoms with E-state index in [2.05, 4.69) is 20.5 Å². The van der Waals surface area contributed by atoms with Gasteiger partial charge < -0.3 is 4.98 Å². The molecule has 9 nitrogen and oxygen atoms in total. The Morgan fingerprint density at radius 2 is 1.93 bits per heavy atom. The first-order valence-corrected chi connectivity index (χ1v) is 7.88. The molecule has 0 aliphatic carbocycles. The van der Waals surface area contributed by atoms with Crippen LogP contribution >= 0.6 is 0 Å². The molecule has 0 fully saturated rings. The fraction of sp³-hybridized carbons (Fsp3) is 0. The van der Waals surface area contributed by atoms with Gasteiger partial charge in [0.05, 0.1) is 22.4 Å². The average molecular weight is 381 g/mol. The second kappa shape index (κ2) is 7.99. The van der Waals surface area contributed by atoms with Crippen molar-refractivity contribution < 1.29 is 14.1 Å². The van der Waals surface area contributed by atoms with E-state index >= 15 is 0 Å². The molecule has 0 atom stereocenters. The van der Waals surface area contributed by atoms with E-state index in [1.807, 2.05) is 0 Å². The van der Waals surface area contributed by atoms with Crippen LogP contribution in [0.25, 0.3) is 11.3 Å². The number of nitro benzene ring substituents is 1. The molecule has 1 aromatic heterocycles. The van der Waals surface area contributed by atoms with Gasteiger partial charge >= 0.3 is 5.69 Å². The Kier molecular flexibility index (Phi) is 5.30. The van der Waals surface area contributed by atoms with Gasteiger partial charge in [-0.25, -0.2) is 14.6 Å². The third kappa shape index (κ3) is 4.30. The van der Waals surface area contributed by atoms with E-state index in [1.165, 1.54) is 48.5 Å². The molecular formula is C18H12FN5O4. The summed E-state index contributed by atoms with van der Waals surface area (Å²) in [5.41, 5.74) is 1.94. The molecule has 0 saturated heterocycles. The minimum atomic E-state index is -0.769. The van der Waals surface area contributed by atoms with E-state index in [4.69, 9.17) is 0 Å². The number of hydrazone groups is 1. The molecule has 0 unspecified atom stereocenters. The molecule has 0 radical (unpaired) electrons. The van der Waals surface area contributed by atoms with Crippen LogP contribution in [0.15, 0.2) is 64.5 Å². The first-order valence-electron chi connectivity index (χ1n) is 7.88. The highest BCUT2D eigenvalue weighted by molar-refractivity contribution is 5.94. The Morgan fingerprint density at radius 3 is 2.64 bits per heavy atom. The number of aromatic nitrogens is 2. The van der Waals surface area contributed by atoms with Gasteiger partial charge in [-0.05, 0) is 36.4 Å². The molecule has 2 N–H and O–H groups in total. The van der Waals surface area contributed by atoms with Crippen LogP contribution in [0.5, 0.6) is 0 Å². The summed E-state index contributed by atoms with van der Waals surface area (Å²) in [6, 6.07) is 12.4. The molecule has 0 bridgehead atoms. The Balaban J connectivity index is 1.81. The summed E-state index contributed by atoms with van der Waals surface area (Å²) in [7, 11) is 0. The molecule has 140 valence electrons. The van der Waals surface area contributed by atoms with Gasteiger partial charge in [0.1, 0.15) is 11.5 Å². The molecule has 28 heavy (non-hydrogen) atoms. The number of hydrogen-bond donors (Lipinski definition) is 2. The zero-order valence-electron chi connectivity index (χ0n) is 14.1. The fourth-order valence-corrected chi connectivity index (χ4v) is 2.33. The smallest absolute Gasteiger partial charge is 0.301 e. The van der Waals surface area contributed by atoms with Crippen molar-refractivity contribution >= 4 is 17.8 Å². The molecule has 3 aromatic rings. The molecule has 1 heterocycles. The summed E-state index contributed by atoms with van der Waals surface area (Å²) in [6.07, 6.45) is 1.12. The van der Waals surface area contributed by atoms with E-state index in [0.29, 0.717) is 5.56 Å². The van der Waals surface area contributed by atoms with Crippen molar-refractivity contribution in [2.45, 2.75) is 0 Å². The summed E-state index contributed by atoms with van der Waals surface area (Å²) in [5, 5.41) is 14.6. The van der Waals surface area contributed by atoms with Crippen molar-refractivity contribution in [1.29, 1.82) is 0 Å². The summed E-state index contributed by atoms with van der Waals surface area (Å²) < 4.78 is 13.0. The molecule has 10 heteroatoms. The lowest BCUT2D eigenvalue weighted by atomic mass is 10.1. The normalized spacial score (nSPS) is 10.8. The van der Waals surface area contributed by atoms with Crippen LogP contribution in [0, 0.1) is 15.9 Å². The minimum absolute atomic E-state index is 0.126. The van der Waals surface area contributed by atoms with Crippen molar-refractivity contribution in [2.75, 3.05) is 0 Å². The number of hydrogen-bond acceptors (Lipinski definition) is 6. The molecule has 0 aliphatic heterocycles. The number of para-hydroxylation sites is 1. The number of amides is 1. The number of nitro groups is 1. The molecule has 0 aliphatic rings. The van der Waals surface area contributed by atoms with Crippen molar-refractivity contribution in [3.05, 3.63) is 92.3 Å². The highest BCUT2D eigenvalue weighted by atomic mass is 19.1. The van der Waals surface area contributed by atoms with Crippen LogP contribution in [0.2, 0.25) is 0 Å². The average Bonchev–Trinajstić information content (AvgIpc) is 2.68. The number of nitrogens with zero attached hydrogens (tertiary/aromatic N) is 3. The molecule has 2 aromatic carbocycles. The lowest BCUT2D eigenvalue weighted by molar-refractivity contribution is -0.385. The zero-order chi connectivity index (χ0) is 20.1. The second-order valence-corrected chi connectivity index (χ2v) is 5.51. The van der Waals surface area contributed by atoms with Crippen molar-refractivity contribution in [2.24, 2.45) is 5.10 Å². The number of halogens is 1. The predicted octanol–water partition coefficient (Wildman–Crippen LogP) is 2.25. The van der Waals surface area contributed by atoms with Crippen molar-refractivity contribution in [3.8, 4) is 11.3 Å². The van der Waals surface area contributed by atoms with Gasteiger partial charge in [0, 0.05) is 11.6 Å². The monoisotopic (exact) mass is 381 g/mol. The number of nitrogens with one attached hydrogen (secondary N) is 2. The first kappa shape index (κ1) is 18.6. The maximum atomic E-state index is 13.0. The van der Waals surface area contributed by atoms with Gasteiger partial charge in [0.25, 0.3) is 11.6 Å². The van der Waals surface area contributed by atoms with E-state index in [-0.39, 0.29) is 22.6 Å². The highest BCUT2D eigenvalue weighted by Gasteiger charge is 2.12. The largest absolute Gasteiger partial charge is 0.346 e. The van der Waals surface area contributed by atoms with Gasteiger partial charge in [-0.15, -0.1) is 0 Å². The summed E-state index contributed by atoms with van der Waals surface area (Å²) in [6.45, 7) is 0. The van der Waals surface area contributed by atoms with E-state index in [9.17, 15) is 24.1 Å². The van der Waals surface area contributed by atoms with Crippen LogP contribution in [-0.4, -0.2) is 27.0 Å². The van der Waals surface area contributed by atoms with Crippen LogP contribution in [0.1, 0.15) is 16.1 Å². The Bertz CT molecular complexity index is 1130. The zero-order valence-corrected chi connectivity index (χ0v) is 14.1. The van der Waals surface area contributed by atoms with Gasteiger partial charge in [-0.3, -0.25) is 14.9 Å². The maximum absolute atomic E-state index is 13.0. The predicted molar refractivity (Wildman–Crippen MR) is 98.4 cm³/mol. The standard InChI is InChI=1S/C18H12FN5O4/c19-13-7-5-11(6-8-13)14-9-15(22-18(26)21-14)17(25)23-20-10-12-3-1-2-4-16(12)24(27)28/h1-10H,(H,23,25)(H,21,22,26)/b20-10+. The molecule has 1 amide bonds. The number of rotatable bonds is 5. The molecule has 0 spiro atoms. The van der Waals surface area contributed by atoms with Crippen LogP contribution < -0.4 is 11.1 Å². The molecule has 0 saturated carbocycles. The van der Waals surface area contributed by atoms with Crippen LogP contribution in [-0.2, 0) is 0 Å². The Labute approximate surface area is 156 Å². The number of carbonyl (C=O) groups is 1. The summed E-state index contributed by atoms with van der Waals surface area (Å²) >= 11 is 0. The quantitative estimate of drug-likeness (QED) is 0.398. The minimum Gasteiger partial charge on any atom is -0.301 e. The lowest BCUT2D eigenvalue weighted by Crippen LogP contribution is -2.24. The number of aromatic amines is 1. The van der Waals surface area contributed by atoms with Crippen LogP contribution in [0.3, 0.4) is 0 Å². The molecular weight excluding hydrogens is 369 g/mol. The van der Waals surface area contributed by atoms with Gasteiger partial charge in [0.15, 0.2) is 0 Å². The first-order chi connectivity index (χ1) is 13.4. The Hall–Kier alpha value is -4.21. The maximum Gasteiger partial charge on any atom is 0.346 e.